The molecule has 1 aliphatic heterocycles. The molecule has 13 heavy (non-hydrogen) atoms. The zero-order chi connectivity index (χ0) is 9.84. The van der Waals surface area contributed by atoms with E-state index in [4.69, 9.17) is 4.74 Å². The highest BCUT2D eigenvalue weighted by Crippen LogP contribution is 2.15. The molecular formula is C10H19NO2. The van der Waals surface area contributed by atoms with Crippen molar-refractivity contribution >= 4 is 5.91 Å². The maximum Gasteiger partial charge on any atom is 0.219 e. The maximum atomic E-state index is 11.2. The number of hydrogen-bond acceptors (Lipinski definition) is 2. The Balaban J connectivity index is 2.54. The van der Waals surface area contributed by atoms with Crippen LogP contribution in [0.3, 0.4) is 0 Å². The molecule has 1 fully saturated rings. The van der Waals surface area contributed by atoms with Crippen molar-refractivity contribution in [3.63, 3.8) is 0 Å². The summed E-state index contributed by atoms with van der Waals surface area (Å²) in [6.45, 7) is 9.06. The summed E-state index contributed by atoms with van der Waals surface area (Å²) in [6, 6.07) is 0. The first-order chi connectivity index (χ1) is 6.11. The number of ether oxygens (including phenoxy) is 1. The average molecular weight is 185 g/mol. The minimum atomic E-state index is 0.163. The summed E-state index contributed by atoms with van der Waals surface area (Å²) < 4.78 is 5.45. The molecule has 1 saturated heterocycles. The molecule has 0 saturated carbocycles. The Labute approximate surface area is 80.1 Å². The van der Waals surface area contributed by atoms with Crippen molar-refractivity contribution in [1.82, 2.24) is 4.90 Å². The van der Waals surface area contributed by atoms with Crippen molar-refractivity contribution in [2.45, 2.75) is 20.8 Å². The maximum absolute atomic E-state index is 11.2. The van der Waals surface area contributed by atoms with Crippen LogP contribution in [0.4, 0.5) is 0 Å². The Morgan fingerprint density at radius 1 is 1.54 bits per heavy atom. The second-order valence-electron chi connectivity index (χ2n) is 4.04. The second kappa shape index (κ2) is 4.61. The Hall–Kier alpha value is -0.570. The summed E-state index contributed by atoms with van der Waals surface area (Å²) in [5.74, 6) is 1.24. The first-order valence-electron chi connectivity index (χ1n) is 4.94. The smallest absolute Gasteiger partial charge is 0.219 e. The number of rotatable bonds is 1. The van der Waals surface area contributed by atoms with E-state index in [9.17, 15) is 4.79 Å². The lowest BCUT2D eigenvalue weighted by Gasteiger charge is -2.24. The molecular weight excluding hydrogens is 166 g/mol. The number of carbonyl (C=O) groups excluding carboxylic acids is 1. The standard InChI is InChI=1S/C10H19NO2/c1-8(2)10-6-11(9(3)12)4-5-13-7-10/h8,10H,4-7H2,1-3H3/t10-/m0/s1. The highest BCUT2D eigenvalue weighted by atomic mass is 16.5. The van der Waals surface area contributed by atoms with Crippen LogP contribution in [-0.4, -0.2) is 37.1 Å². The monoisotopic (exact) mass is 185 g/mol. The van der Waals surface area contributed by atoms with Gasteiger partial charge in [-0.1, -0.05) is 13.8 Å². The highest BCUT2D eigenvalue weighted by Gasteiger charge is 2.22. The van der Waals surface area contributed by atoms with Crippen molar-refractivity contribution in [2.75, 3.05) is 26.3 Å². The fourth-order valence-electron chi connectivity index (χ4n) is 1.53. The third kappa shape index (κ3) is 2.99. The first-order valence-corrected chi connectivity index (χ1v) is 4.94. The Morgan fingerprint density at radius 2 is 2.23 bits per heavy atom. The zero-order valence-corrected chi connectivity index (χ0v) is 8.75. The van der Waals surface area contributed by atoms with Gasteiger partial charge in [-0.25, -0.2) is 0 Å². The molecule has 1 heterocycles. The summed E-state index contributed by atoms with van der Waals surface area (Å²) in [5.41, 5.74) is 0. The molecule has 0 bridgehead atoms. The summed E-state index contributed by atoms with van der Waals surface area (Å²) in [6.07, 6.45) is 0. The van der Waals surface area contributed by atoms with Crippen LogP contribution in [0.1, 0.15) is 20.8 Å². The fraction of sp³-hybridized carbons (Fsp3) is 0.900. The van der Waals surface area contributed by atoms with E-state index >= 15 is 0 Å². The molecule has 0 N–H and O–H groups in total. The molecule has 1 amide bonds. The van der Waals surface area contributed by atoms with E-state index in [1.54, 1.807) is 6.92 Å². The van der Waals surface area contributed by atoms with Crippen LogP contribution in [0.25, 0.3) is 0 Å². The van der Waals surface area contributed by atoms with Crippen molar-refractivity contribution in [3.8, 4) is 0 Å². The van der Waals surface area contributed by atoms with Crippen LogP contribution in [0.5, 0.6) is 0 Å². The van der Waals surface area contributed by atoms with E-state index in [1.165, 1.54) is 0 Å². The van der Waals surface area contributed by atoms with Crippen LogP contribution in [0.15, 0.2) is 0 Å². The van der Waals surface area contributed by atoms with Gasteiger partial charge in [0, 0.05) is 25.9 Å². The Bertz CT molecular complexity index is 180. The van der Waals surface area contributed by atoms with E-state index in [2.05, 4.69) is 13.8 Å². The van der Waals surface area contributed by atoms with Gasteiger partial charge >= 0.3 is 0 Å². The number of amides is 1. The summed E-state index contributed by atoms with van der Waals surface area (Å²) in [4.78, 5) is 13.1. The minimum absolute atomic E-state index is 0.163. The van der Waals surface area contributed by atoms with Gasteiger partial charge in [0.2, 0.25) is 5.91 Å². The summed E-state index contributed by atoms with van der Waals surface area (Å²) in [7, 11) is 0. The average Bonchev–Trinajstić information content (AvgIpc) is 2.28. The van der Waals surface area contributed by atoms with E-state index in [0.717, 1.165) is 19.7 Å². The molecule has 3 heteroatoms. The fourth-order valence-corrected chi connectivity index (χ4v) is 1.53. The number of nitrogens with zero attached hydrogens (tertiary/aromatic N) is 1. The van der Waals surface area contributed by atoms with Crippen molar-refractivity contribution in [2.24, 2.45) is 11.8 Å². The van der Waals surface area contributed by atoms with Gasteiger partial charge in [0.25, 0.3) is 0 Å². The van der Waals surface area contributed by atoms with E-state index in [1.807, 2.05) is 4.90 Å². The molecule has 1 atom stereocenters. The van der Waals surface area contributed by atoms with Crippen LogP contribution in [0, 0.1) is 11.8 Å². The van der Waals surface area contributed by atoms with Gasteiger partial charge < -0.3 is 9.64 Å². The third-order valence-corrected chi connectivity index (χ3v) is 2.68. The molecule has 3 nitrogen and oxygen atoms in total. The van der Waals surface area contributed by atoms with Crippen LogP contribution in [-0.2, 0) is 9.53 Å². The van der Waals surface area contributed by atoms with Gasteiger partial charge in [0.05, 0.1) is 13.2 Å². The number of carbonyl (C=O) groups is 1. The van der Waals surface area contributed by atoms with Gasteiger partial charge in [-0.05, 0) is 5.92 Å². The zero-order valence-electron chi connectivity index (χ0n) is 8.75. The Kier molecular flexibility index (Phi) is 3.72. The normalized spacial score (nSPS) is 24.6. The summed E-state index contributed by atoms with van der Waals surface area (Å²) in [5, 5.41) is 0. The second-order valence-corrected chi connectivity index (χ2v) is 4.04. The van der Waals surface area contributed by atoms with Gasteiger partial charge in [-0.15, -0.1) is 0 Å². The van der Waals surface area contributed by atoms with Crippen molar-refractivity contribution < 1.29 is 9.53 Å². The van der Waals surface area contributed by atoms with Gasteiger partial charge in [-0.2, -0.15) is 0 Å². The lowest BCUT2D eigenvalue weighted by atomic mass is 9.96. The van der Waals surface area contributed by atoms with Gasteiger partial charge in [0.15, 0.2) is 0 Å². The molecule has 1 rings (SSSR count). The third-order valence-electron chi connectivity index (χ3n) is 2.68. The molecule has 0 radical (unpaired) electrons. The lowest BCUT2D eigenvalue weighted by Crippen LogP contribution is -2.35. The van der Waals surface area contributed by atoms with Gasteiger partial charge in [-0.3, -0.25) is 4.79 Å². The van der Waals surface area contributed by atoms with Crippen molar-refractivity contribution in [3.05, 3.63) is 0 Å². The van der Waals surface area contributed by atoms with Gasteiger partial charge in [0.1, 0.15) is 0 Å². The largest absolute Gasteiger partial charge is 0.379 e. The molecule has 76 valence electrons. The molecule has 0 aromatic carbocycles. The molecule has 0 unspecified atom stereocenters. The Morgan fingerprint density at radius 3 is 2.77 bits per heavy atom. The molecule has 0 aliphatic carbocycles. The minimum Gasteiger partial charge on any atom is -0.379 e. The predicted octanol–water partition coefficient (Wildman–Crippen LogP) is 1.14. The molecule has 0 aromatic heterocycles. The quantitative estimate of drug-likeness (QED) is 0.613. The molecule has 0 aromatic rings. The SMILES string of the molecule is CC(=O)N1CCOC[C@@H](C(C)C)C1. The molecule has 0 spiro atoms. The van der Waals surface area contributed by atoms with E-state index in [0.29, 0.717) is 18.4 Å². The number of hydrogen-bond donors (Lipinski definition) is 0. The predicted molar refractivity (Wildman–Crippen MR) is 51.4 cm³/mol. The lowest BCUT2D eigenvalue weighted by molar-refractivity contribution is -0.129. The van der Waals surface area contributed by atoms with Crippen LogP contribution >= 0.6 is 0 Å². The first kappa shape index (κ1) is 10.5. The van der Waals surface area contributed by atoms with E-state index < -0.39 is 0 Å². The summed E-state index contributed by atoms with van der Waals surface area (Å²) >= 11 is 0. The van der Waals surface area contributed by atoms with Crippen molar-refractivity contribution in [1.29, 1.82) is 0 Å². The van der Waals surface area contributed by atoms with Crippen LogP contribution < -0.4 is 0 Å². The highest BCUT2D eigenvalue weighted by molar-refractivity contribution is 5.73. The molecule has 1 aliphatic rings. The van der Waals surface area contributed by atoms with Crippen LogP contribution in [0.2, 0.25) is 0 Å². The topological polar surface area (TPSA) is 29.5 Å². The van der Waals surface area contributed by atoms with E-state index in [-0.39, 0.29) is 5.91 Å².